The Morgan fingerprint density at radius 1 is 1.33 bits per heavy atom. The highest BCUT2D eigenvalue weighted by atomic mass is 35.5. The third-order valence-corrected chi connectivity index (χ3v) is 4.09. The first kappa shape index (κ1) is 15.3. The molecule has 1 aromatic carbocycles. The van der Waals surface area contributed by atoms with Crippen LogP contribution in [0.5, 0.6) is 0 Å². The van der Waals surface area contributed by atoms with Crippen LogP contribution in [0.2, 0.25) is 5.02 Å². The van der Waals surface area contributed by atoms with E-state index in [1.807, 2.05) is 13.0 Å². The van der Waals surface area contributed by atoms with E-state index in [1.54, 1.807) is 23.6 Å². The van der Waals surface area contributed by atoms with E-state index in [-0.39, 0.29) is 5.91 Å². The Balaban J connectivity index is 2.23. The Morgan fingerprint density at radius 3 is 2.71 bits per heavy atom. The first-order valence-corrected chi connectivity index (χ1v) is 7.29. The van der Waals surface area contributed by atoms with Gasteiger partial charge in [-0.2, -0.15) is 0 Å². The van der Waals surface area contributed by atoms with Gasteiger partial charge in [-0.25, -0.2) is 4.79 Å². The van der Waals surface area contributed by atoms with Crippen molar-refractivity contribution >= 4 is 46.6 Å². The van der Waals surface area contributed by atoms with Crippen molar-refractivity contribution < 1.29 is 14.7 Å². The van der Waals surface area contributed by atoms with Crippen LogP contribution in [0.1, 0.15) is 20.8 Å². The molecule has 0 aliphatic heterocycles. The Hall–Kier alpha value is -2.11. The largest absolute Gasteiger partial charge is 0.478 e. The lowest BCUT2D eigenvalue weighted by atomic mass is 10.1. The van der Waals surface area contributed by atoms with Gasteiger partial charge in [-0.05, 0) is 41.6 Å². The minimum atomic E-state index is -1.02. The molecule has 1 amide bonds. The summed E-state index contributed by atoms with van der Waals surface area (Å²) in [5.41, 5.74) is 2.19. The fourth-order valence-electron chi connectivity index (χ4n) is 1.68. The molecule has 0 aliphatic carbocycles. The van der Waals surface area contributed by atoms with Crippen molar-refractivity contribution in [3.8, 4) is 0 Å². The molecular weight excluding hydrogens is 310 g/mol. The van der Waals surface area contributed by atoms with E-state index in [4.69, 9.17) is 16.7 Å². The molecule has 21 heavy (non-hydrogen) atoms. The van der Waals surface area contributed by atoms with Crippen LogP contribution >= 0.6 is 22.9 Å². The molecule has 0 atom stereocenters. The molecule has 0 spiro atoms. The van der Waals surface area contributed by atoms with Crippen molar-refractivity contribution in [2.24, 2.45) is 0 Å². The van der Waals surface area contributed by atoms with Crippen LogP contribution in [-0.2, 0) is 4.79 Å². The van der Waals surface area contributed by atoms with Crippen LogP contribution in [0.15, 0.2) is 35.7 Å². The summed E-state index contributed by atoms with van der Waals surface area (Å²) in [6.45, 7) is 1.86. The van der Waals surface area contributed by atoms with Gasteiger partial charge in [0.2, 0.25) is 0 Å². The standard InChI is InChI=1S/C15H12ClNO3S/c1-9-2-3-10(4-5-13(18)19)8-12(9)17-15(20)14-11(16)6-7-21-14/h2-8H,1H3,(H,17,20)(H,18,19)/b5-4+. The van der Waals surface area contributed by atoms with E-state index in [1.165, 1.54) is 17.4 Å². The van der Waals surface area contributed by atoms with E-state index in [9.17, 15) is 9.59 Å². The molecule has 1 aromatic heterocycles. The maximum atomic E-state index is 12.1. The summed E-state index contributed by atoms with van der Waals surface area (Å²) in [4.78, 5) is 23.1. The number of aryl methyl sites for hydroxylation is 1. The van der Waals surface area contributed by atoms with Crippen molar-refractivity contribution in [1.29, 1.82) is 0 Å². The zero-order chi connectivity index (χ0) is 15.4. The lowest BCUT2D eigenvalue weighted by molar-refractivity contribution is -0.131. The molecular formula is C15H12ClNO3S. The molecule has 1 heterocycles. The fourth-order valence-corrected chi connectivity index (χ4v) is 2.72. The molecule has 0 saturated heterocycles. The van der Waals surface area contributed by atoms with Gasteiger partial charge in [0, 0.05) is 11.8 Å². The summed E-state index contributed by atoms with van der Waals surface area (Å²) >= 11 is 7.20. The summed E-state index contributed by atoms with van der Waals surface area (Å²) < 4.78 is 0. The second kappa shape index (κ2) is 6.56. The Labute approximate surface area is 130 Å². The average Bonchev–Trinajstić information content (AvgIpc) is 2.86. The monoisotopic (exact) mass is 321 g/mol. The van der Waals surface area contributed by atoms with Gasteiger partial charge in [0.15, 0.2) is 0 Å². The molecule has 0 unspecified atom stereocenters. The number of hydrogen-bond donors (Lipinski definition) is 2. The maximum Gasteiger partial charge on any atom is 0.328 e. The van der Waals surface area contributed by atoms with Crippen molar-refractivity contribution in [3.63, 3.8) is 0 Å². The Kier molecular flexibility index (Phi) is 4.77. The highest BCUT2D eigenvalue weighted by Crippen LogP contribution is 2.24. The van der Waals surface area contributed by atoms with Crippen LogP contribution in [-0.4, -0.2) is 17.0 Å². The lowest BCUT2D eigenvalue weighted by Crippen LogP contribution is -2.11. The summed E-state index contributed by atoms with van der Waals surface area (Å²) in [5, 5.41) is 13.6. The van der Waals surface area contributed by atoms with E-state index in [0.29, 0.717) is 21.2 Å². The van der Waals surface area contributed by atoms with Gasteiger partial charge >= 0.3 is 5.97 Å². The number of benzene rings is 1. The number of thiophene rings is 1. The van der Waals surface area contributed by atoms with Gasteiger partial charge in [0.1, 0.15) is 4.88 Å². The summed E-state index contributed by atoms with van der Waals surface area (Å²) in [6, 6.07) is 6.98. The van der Waals surface area contributed by atoms with E-state index >= 15 is 0 Å². The molecule has 0 fully saturated rings. The van der Waals surface area contributed by atoms with Crippen molar-refractivity contribution in [3.05, 3.63) is 56.7 Å². The minimum Gasteiger partial charge on any atom is -0.478 e. The Morgan fingerprint density at radius 2 is 2.10 bits per heavy atom. The number of carboxylic acids is 1. The van der Waals surface area contributed by atoms with Gasteiger partial charge in [-0.3, -0.25) is 4.79 Å². The van der Waals surface area contributed by atoms with Gasteiger partial charge in [0.25, 0.3) is 5.91 Å². The predicted molar refractivity (Wildman–Crippen MR) is 85.1 cm³/mol. The first-order chi connectivity index (χ1) is 9.97. The van der Waals surface area contributed by atoms with Gasteiger partial charge in [0.05, 0.1) is 5.02 Å². The summed E-state index contributed by atoms with van der Waals surface area (Å²) in [7, 11) is 0. The highest BCUT2D eigenvalue weighted by Gasteiger charge is 2.13. The predicted octanol–water partition coefficient (Wildman–Crippen LogP) is 4.06. The molecule has 0 aliphatic rings. The van der Waals surface area contributed by atoms with Gasteiger partial charge in [-0.1, -0.05) is 23.7 Å². The van der Waals surface area contributed by atoms with Crippen LogP contribution in [0.3, 0.4) is 0 Å². The molecule has 108 valence electrons. The van der Waals surface area contributed by atoms with Crippen LogP contribution in [0.25, 0.3) is 6.08 Å². The number of halogens is 1. The van der Waals surface area contributed by atoms with Crippen molar-refractivity contribution in [2.75, 3.05) is 5.32 Å². The minimum absolute atomic E-state index is 0.280. The number of anilines is 1. The zero-order valence-corrected chi connectivity index (χ0v) is 12.7. The number of hydrogen-bond acceptors (Lipinski definition) is 3. The second-order valence-corrected chi connectivity index (χ2v) is 5.62. The molecule has 0 saturated carbocycles. The molecule has 2 aromatic rings. The molecule has 0 radical (unpaired) electrons. The molecule has 2 N–H and O–H groups in total. The Bertz CT molecular complexity index is 721. The van der Waals surface area contributed by atoms with E-state index in [0.717, 1.165) is 11.6 Å². The lowest BCUT2D eigenvalue weighted by Gasteiger charge is -2.09. The van der Waals surface area contributed by atoms with E-state index < -0.39 is 5.97 Å². The quantitative estimate of drug-likeness (QED) is 0.834. The maximum absolute atomic E-state index is 12.1. The summed E-state index contributed by atoms with van der Waals surface area (Å²) in [5.74, 6) is -1.30. The number of carboxylic acid groups (broad SMARTS) is 1. The number of rotatable bonds is 4. The normalized spacial score (nSPS) is 10.8. The summed E-state index contributed by atoms with van der Waals surface area (Å²) in [6.07, 6.45) is 2.52. The molecule has 4 nitrogen and oxygen atoms in total. The average molecular weight is 322 g/mol. The van der Waals surface area contributed by atoms with Gasteiger partial charge < -0.3 is 10.4 Å². The highest BCUT2D eigenvalue weighted by molar-refractivity contribution is 7.12. The SMILES string of the molecule is Cc1ccc(/C=C/C(=O)O)cc1NC(=O)c1sccc1Cl. The zero-order valence-electron chi connectivity index (χ0n) is 11.1. The molecule has 2 rings (SSSR count). The number of nitrogens with one attached hydrogen (secondary N) is 1. The van der Waals surface area contributed by atoms with E-state index in [2.05, 4.69) is 5.32 Å². The third kappa shape index (κ3) is 3.93. The van der Waals surface area contributed by atoms with Crippen molar-refractivity contribution in [2.45, 2.75) is 6.92 Å². The number of carbonyl (C=O) groups is 2. The van der Waals surface area contributed by atoms with Crippen LogP contribution in [0.4, 0.5) is 5.69 Å². The van der Waals surface area contributed by atoms with Crippen LogP contribution < -0.4 is 5.32 Å². The molecule has 0 bridgehead atoms. The van der Waals surface area contributed by atoms with Crippen LogP contribution in [0, 0.1) is 6.92 Å². The third-order valence-electron chi connectivity index (χ3n) is 2.75. The number of amides is 1. The molecule has 6 heteroatoms. The number of aliphatic carboxylic acids is 1. The second-order valence-electron chi connectivity index (χ2n) is 4.30. The topological polar surface area (TPSA) is 66.4 Å². The van der Waals surface area contributed by atoms with Crippen molar-refractivity contribution in [1.82, 2.24) is 0 Å². The smallest absolute Gasteiger partial charge is 0.328 e. The first-order valence-electron chi connectivity index (χ1n) is 6.03. The number of carbonyl (C=O) groups excluding carboxylic acids is 1. The van der Waals surface area contributed by atoms with Gasteiger partial charge in [-0.15, -0.1) is 11.3 Å². The fraction of sp³-hybridized carbons (Fsp3) is 0.0667.